The van der Waals surface area contributed by atoms with Crippen LogP contribution in [0.1, 0.15) is 5.56 Å². The molecule has 0 aliphatic rings. The number of pyridine rings is 1. The Hall–Kier alpha value is -1.59. The molecule has 0 aliphatic carbocycles. The highest BCUT2D eigenvalue weighted by molar-refractivity contribution is 7.92. The van der Waals surface area contributed by atoms with Gasteiger partial charge >= 0.3 is 0 Å². The summed E-state index contributed by atoms with van der Waals surface area (Å²) in [5, 5.41) is 0.510. The van der Waals surface area contributed by atoms with Crippen LogP contribution in [0.25, 0.3) is 0 Å². The Morgan fingerprint density at radius 2 is 1.83 bits per heavy atom. The molecule has 2 rings (SSSR count). The van der Waals surface area contributed by atoms with Crippen LogP contribution in [0.4, 0.5) is 5.69 Å². The van der Waals surface area contributed by atoms with E-state index in [1.54, 1.807) is 31.2 Å². The minimum Gasteiger partial charge on any atom is -0.280 e. The zero-order valence-corrected chi connectivity index (χ0v) is 11.2. The first-order valence-corrected chi connectivity index (χ1v) is 7.04. The smallest absolute Gasteiger partial charge is 0.262 e. The number of sulfonamides is 1. The lowest BCUT2D eigenvalue weighted by molar-refractivity contribution is 0.600. The summed E-state index contributed by atoms with van der Waals surface area (Å²) < 4.78 is 26.8. The predicted octanol–water partition coefficient (Wildman–Crippen LogP) is 2.84. The Morgan fingerprint density at radius 3 is 2.44 bits per heavy atom. The fourth-order valence-corrected chi connectivity index (χ4v) is 3.06. The minimum atomic E-state index is -3.60. The summed E-state index contributed by atoms with van der Waals surface area (Å²) in [4.78, 5) is 4.04. The number of hydrogen-bond donors (Lipinski definition) is 1. The largest absolute Gasteiger partial charge is 0.280 e. The first-order valence-electron chi connectivity index (χ1n) is 5.18. The molecule has 1 N–H and O–H groups in total. The molecule has 0 radical (unpaired) electrons. The molecule has 4 nitrogen and oxygen atoms in total. The summed E-state index contributed by atoms with van der Waals surface area (Å²) in [7, 11) is -3.60. The van der Waals surface area contributed by atoms with Crippen LogP contribution in [0.5, 0.6) is 0 Å². The van der Waals surface area contributed by atoms with Gasteiger partial charge in [0.2, 0.25) is 0 Å². The fraction of sp³-hybridized carbons (Fsp3) is 0.0833. The molecule has 94 valence electrons. The van der Waals surface area contributed by atoms with Crippen molar-refractivity contribution in [2.75, 3.05) is 4.72 Å². The molecule has 18 heavy (non-hydrogen) atoms. The van der Waals surface area contributed by atoms with E-state index in [4.69, 9.17) is 11.6 Å². The van der Waals surface area contributed by atoms with E-state index >= 15 is 0 Å². The van der Waals surface area contributed by atoms with Crippen LogP contribution in [0.15, 0.2) is 47.6 Å². The van der Waals surface area contributed by atoms with Crippen LogP contribution in [0.2, 0.25) is 5.02 Å². The second kappa shape index (κ2) is 4.96. The normalized spacial score (nSPS) is 11.2. The van der Waals surface area contributed by atoms with Crippen molar-refractivity contribution in [1.29, 1.82) is 0 Å². The summed E-state index contributed by atoms with van der Waals surface area (Å²) in [6.45, 7) is 1.70. The van der Waals surface area contributed by atoms with Crippen molar-refractivity contribution < 1.29 is 8.42 Å². The van der Waals surface area contributed by atoms with Gasteiger partial charge in [-0.15, -0.1) is 0 Å². The van der Waals surface area contributed by atoms with Crippen LogP contribution in [0.3, 0.4) is 0 Å². The van der Waals surface area contributed by atoms with Crippen molar-refractivity contribution in [3.05, 3.63) is 53.3 Å². The maximum absolute atomic E-state index is 12.2. The summed E-state index contributed by atoms with van der Waals surface area (Å²) in [6, 6.07) is 7.82. The highest BCUT2D eigenvalue weighted by Gasteiger charge is 2.16. The number of halogens is 1. The monoisotopic (exact) mass is 282 g/mol. The standard InChI is InChI=1S/C12H11ClN2O2S/c1-9-8-10(13)2-3-12(9)18(16,17)15-11-4-6-14-7-5-11/h2-8H,1H3,(H,14,15). The van der Waals surface area contributed by atoms with Crippen molar-refractivity contribution in [3.8, 4) is 0 Å². The van der Waals surface area contributed by atoms with Crippen LogP contribution in [-0.2, 0) is 10.0 Å². The van der Waals surface area contributed by atoms with Crippen LogP contribution in [-0.4, -0.2) is 13.4 Å². The number of benzene rings is 1. The van der Waals surface area contributed by atoms with E-state index in [1.165, 1.54) is 18.5 Å². The van der Waals surface area contributed by atoms with Crippen molar-refractivity contribution in [2.45, 2.75) is 11.8 Å². The maximum Gasteiger partial charge on any atom is 0.262 e. The molecule has 6 heteroatoms. The maximum atomic E-state index is 12.2. The summed E-state index contributed by atoms with van der Waals surface area (Å²) in [5.41, 5.74) is 1.07. The number of nitrogens with zero attached hydrogens (tertiary/aromatic N) is 1. The van der Waals surface area contributed by atoms with Crippen LogP contribution in [0, 0.1) is 6.92 Å². The van der Waals surface area contributed by atoms with Gasteiger partial charge in [0.05, 0.1) is 10.6 Å². The average Bonchev–Trinajstić information content (AvgIpc) is 2.29. The number of anilines is 1. The van der Waals surface area contributed by atoms with Crippen LogP contribution >= 0.6 is 11.6 Å². The lowest BCUT2D eigenvalue weighted by Gasteiger charge is -2.10. The van der Waals surface area contributed by atoms with Crippen molar-refractivity contribution in [3.63, 3.8) is 0 Å². The highest BCUT2D eigenvalue weighted by atomic mass is 35.5. The number of hydrogen-bond acceptors (Lipinski definition) is 3. The number of nitrogens with one attached hydrogen (secondary N) is 1. The third kappa shape index (κ3) is 2.80. The fourth-order valence-electron chi connectivity index (χ4n) is 1.54. The topological polar surface area (TPSA) is 59.1 Å². The van der Waals surface area contributed by atoms with E-state index in [0.29, 0.717) is 16.3 Å². The zero-order valence-electron chi connectivity index (χ0n) is 9.59. The number of aromatic nitrogens is 1. The van der Waals surface area contributed by atoms with E-state index in [1.807, 2.05) is 0 Å². The molecule has 0 amide bonds. The first-order chi connectivity index (χ1) is 8.49. The lowest BCUT2D eigenvalue weighted by atomic mass is 10.2. The Morgan fingerprint density at radius 1 is 1.17 bits per heavy atom. The Labute approximate surface area is 111 Å². The average molecular weight is 283 g/mol. The molecule has 1 heterocycles. The Bertz CT molecular complexity index is 657. The second-order valence-electron chi connectivity index (χ2n) is 3.75. The van der Waals surface area contributed by atoms with Gasteiger partial charge in [-0.2, -0.15) is 0 Å². The van der Waals surface area contributed by atoms with Gasteiger partial charge in [-0.25, -0.2) is 8.42 Å². The molecule has 0 saturated heterocycles. The minimum absolute atomic E-state index is 0.212. The van der Waals surface area contributed by atoms with Crippen molar-refractivity contribution in [1.82, 2.24) is 4.98 Å². The number of aryl methyl sites for hydroxylation is 1. The van der Waals surface area contributed by atoms with Gasteiger partial charge in [0.15, 0.2) is 0 Å². The molecule has 0 saturated carbocycles. The Kier molecular flexibility index (Phi) is 3.54. The summed E-state index contributed by atoms with van der Waals surface area (Å²) in [5.74, 6) is 0. The van der Waals surface area contributed by atoms with Gasteiger partial charge in [-0.3, -0.25) is 9.71 Å². The van der Waals surface area contributed by atoms with Crippen molar-refractivity contribution in [2.24, 2.45) is 0 Å². The molecule has 0 aliphatic heterocycles. The summed E-state index contributed by atoms with van der Waals surface area (Å²) in [6.07, 6.45) is 3.04. The molecular formula is C12H11ClN2O2S. The summed E-state index contributed by atoms with van der Waals surface area (Å²) >= 11 is 5.80. The SMILES string of the molecule is Cc1cc(Cl)ccc1S(=O)(=O)Nc1ccncc1. The second-order valence-corrected chi connectivity index (χ2v) is 5.84. The molecule has 1 aromatic heterocycles. The van der Waals surface area contributed by atoms with Gasteiger partial charge in [0.1, 0.15) is 0 Å². The van der Waals surface area contributed by atoms with E-state index in [2.05, 4.69) is 9.71 Å². The van der Waals surface area contributed by atoms with E-state index in [0.717, 1.165) is 0 Å². The quantitative estimate of drug-likeness (QED) is 0.942. The molecular weight excluding hydrogens is 272 g/mol. The third-order valence-electron chi connectivity index (χ3n) is 2.36. The van der Waals surface area contributed by atoms with E-state index in [9.17, 15) is 8.42 Å². The molecule has 0 atom stereocenters. The molecule has 2 aromatic rings. The highest BCUT2D eigenvalue weighted by Crippen LogP contribution is 2.21. The molecule has 0 bridgehead atoms. The van der Waals surface area contributed by atoms with Gasteiger partial charge in [0, 0.05) is 17.4 Å². The predicted molar refractivity (Wildman–Crippen MR) is 71.2 cm³/mol. The van der Waals surface area contributed by atoms with E-state index < -0.39 is 10.0 Å². The number of rotatable bonds is 3. The van der Waals surface area contributed by atoms with Crippen molar-refractivity contribution >= 4 is 27.3 Å². The van der Waals surface area contributed by atoms with Crippen LogP contribution < -0.4 is 4.72 Å². The molecule has 1 aromatic carbocycles. The van der Waals surface area contributed by atoms with Gasteiger partial charge in [-0.05, 0) is 42.8 Å². The lowest BCUT2D eigenvalue weighted by Crippen LogP contribution is -2.14. The first kappa shape index (κ1) is 12.9. The zero-order chi connectivity index (χ0) is 13.2. The Balaban J connectivity index is 2.37. The van der Waals surface area contributed by atoms with Gasteiger partial charge in [-0.1, -0.05) is 11.6 Å². The molecule has 0 unspecified atom stereocenters. The van der Waals surface area contributed by atoms with E-state index in [-0.39, 0.29) is 4.90 Å². The molecule has 0 spiro atoms. The van der Waals surface area contributed by atoms with Gasteiger partial charge < -0.3 is 0 Å². The van der Waals surface area contributed by atoms with Gasteiger partial charge in [0.25, 0.3) is 10.0 Å². The molecule has 0 fully saturated rings. The third-order valence-corrected chi connectivity index (χ3v) is 4.14.